The maximum atomic E-state index is 10.4. The van der Waals surface area contributed by atoms with Gasteiger partial charge >= 0.3 is 0 Å². The summed E-state index contributed by atoms with van der Waals surface area (Å²) >= 11 is 9.84. The highest BCUT2D eigenvalue weighted by molar-refractivity contribution is 7.82. The van der Waals surface area contributed by atoms with E-state index in [0.717, 1.165) is 0 Å². The van der Waals surface area contributed by atoms with Crippen LogP contribution in [0.25, 0.3) is 0 Å². The molecule has 0 aromatic heterocycles. The van der Waals surface area contributed by atoms with Crippen molar-refractivity contribution in [2.45, 2.75) is 70.7 Å². The lowest BCUT2D eigenvalue weighted by atomic mass is 9.80. The Hall–Kier alpha value is -0.943. The van der Waals surface area contributed by atoms with Crippen LogP contribution in [0.1, 0.15) is 27.2 Å². The highest BCUT2D eigenvalue weighted by atomic mass is 35.5. The Labute approximate surface area is 180 Å². The Bertz CT molecular complexity index is 698. The molecule has 7 heteroatoms. The van der Waals surface area contributed by atoms with Gasteiger partial charge in [-0.2, -0.15) is 0 Å². The van der Waals surface area contributed by atoms with Gasteiger partial charge in [0.05, 0.1) is 12.2 Å². The van der Waals surface area contributed by atoms with Crippen LogP contribution < -0.4 is 4.74 Å². The summed E-state index contributed by atoms with van der Waals surface area (Å²) in [5.74, 6) is 3.52. The largest absolute Gasteiger partial charge is 0.436 e. The van der Waals surface area contributed by atoms with Crippen molar-refractivity contribution in [2.24, 2.45) is 5.92 Å². The average Bonchev–Trinajstić information content (AvgIpc) is 2.84. The summed E-state index contributed by atoms with van der Waals surface area (Å²) in [4.78, 5) is 0. The number of thiocarbonyl (C=S) groups is 1. The molecular weight excluding hydrogens is 412 g/mol. The van der Waals surface area contributed by atoms with Crippen LogP contribution in [0.2, 0.25) is 19.6 Å². The Balaban J connectivity index is 0.000000330. The number of hydrogen-bond donors (Lipinski definition) is 2. The molecule has 1 unspecified atom stereocenters. The number of aliphatic hydroxyl groups excluding tert-OH is 2. The Morgan fingerprint density at radius 3 is 2.29 bits per heavy atom. The maximum absolute atomic E-state index is 10.4. The van der Waals surface area contributed by atoms with E-state index < -0.39 is 25.9 Å². The molecule has 2 rings (SSSR count). The van der Waals surface area contributed by atoms with Crippen molar-refractivity contribution in [3.63, 3.8) is 0 Å². The molecule has 1 fully saturated rings. The van der Waals surface area contributed by atoms with Gasteiger partial charge in [0.2, 0.25) is 0 Å². The predicted octanol–water partition coefficient (Wildman–Crippen LogP) is 4.38. The minimum Gasteiger partial charge on any atom is -0.436 e. The first kappa shape index (κ1) is 25.1. The van der Waals surface area contributed by atoms with Gasteiger partial charge in [0.25, 0.3) is 4.51 Å². The van der Waals surface area contributed by atoms with E-state index in [1.165, 1.54) is 0 Å². The fourth-order valence-corrected chi connectivity index (χ4v) is 3.87. The topological polar surface area (TPSA) is 58.9 Å². The number of rotatable bonds is 3. The summed E-state index contributed by atoms with van der Waals surface area (Å²) in [6.07, 6.45) is -0.961. The number of hydrogen-bond acceptors (Lipinski definition) is 5. The van der Waals surface area contributed by atoms with Gasteiger partial charge in [0.1, 0.15) is 25.5 Å². The van der Waals surface area contributed by atoms with Gasteiger partial charge in [-0.05, 0) is 49.3 Å². The third-order valence-corrected chi connectivity index (χ3v) is 5.76. The molecule has 1 aliphatic heterocycles. The Morgan fingerprint density at radius 2 is 1.89 bits per heavy atom. The van der Waals surface area contributed by atoms with Crippen LogP contribution in [-0.4, -0.2) is 46.7 Å². The molecule has 0 saturated carbocycles. The SMILES string of the molecule is CC[C@]1(C(O)C#C[Si](C)(C)C)O[C@@H](C)[C@H](O)[C@H]1C.S=C(Cl)Oc1ccccc1. The summed E-state index contributed by atoms with van der Waals surface area (Å²) in [7, 11) is -1.51. The van der Waals surface area contributed by atoms with Crippen molar-refractivity contribution in [3.8, 4) is 17.2 Å². The first-order valence-electron chi connectivity index (χ1n) is 9.42. The summed E-state index contributed by atoms with van der Waals surface area (Å²) < 4.78 is 10.8. The first-order chi connectivity index (χ1) is 12.9. The third kappa shape index (κ3) is 7.14. The summed E-state index contributed by atoms with van der Waals surface area (Å²) in [6.45, 7) is 12.2. The molecule has 2 N–H and O–H groups in total. The number of para-hydroxylation sites is 1. The number of aliphatic hydroxyl groups is 2. The minimum atomic E-state index is -1.51. The molecule has 156 valence electrons. The number of benzene rings is 1. The van der Waals surface area contributed by atoms with Crippen LogP contribution in [0.3, 0.4) is 0 Å². The molecule has 1 aromatic carbocycles. The molecule has 5 atom stereocenters. The third-order valence-electron chi connectivity index (χ3n) is 4.71. The molecule has 1 aromatic rings. The maximum Gasteiger partial charge on any atom is 0.260 e. The molecule has 0 bridgehead atoms. The fourth-order valence-electron chi connectivity index (χ4n) is 3.12. The van der Waals surface area contributed by atoms with Crippen molar-refractivity contribution < 1.29 is 19.7 Å². The molecule has 0 aliphatic carbocycles. The first-order valence-corrected chi connectivity index (χ1v) is 13.7. The minimum absolute atomic E-state index is 0.0196. The second-order valence-corrected chi connectivity index (χ2v) is 13.7. The smallest absolute Gasteiger partial charge is 0.260 e. The Morgan fingerprint density at radius 1 is 1.32 bits per heavy atom. The number of ether oxygens (including phenoxy) is 2. The van der Waals surface area contributed by atoms with E-state index in [-0.39, 0.29) is 16.5 Å². The summed E-state index contributed by atoms with van der Waals surface area (Å²) in [6, 6.07) is 9.17. The quantitative estimate of drug-likeness (QED) is 0.315. The molecule has 0 spiro atoms. The molecular formula is C21H31ClO4SSi. The van der Waals surface area contributed by atoms with Gasteiger partial charge in [-0.25, -0.2) is 0 Å². The van der Waals surface area contributed by atoms with Gasteiger partial charge in [-0.1, -0.05) is 57.6 Å². The van der Waals surface area contributed by atoms with Crippen LogP contribution in [0.4, 0.5) is 0 Å². The zero-order valence-corrected chi connectivity index (χ0v) is 20.0. The van der Waals surface area contributed by atoms with Crippen molar-refractivity contribution in [2.75, 3.05) is 0 Å². The molecule has 0 amide bonds. The van der Waals surface area contributed by atoms with Gasteiger partial charge in [0.15, 0.2) is 0 Å². The zero-order valence-electron chi connectivity index (χ0n) is 17.4. The lowest BCUT2D eigenvalue weighted by Gasteiger charge is -2.34. The zero-order chi connectivity index (χ0) is 21.5. The van der Waals surface area contributed by atoms with E-state index in [1.807, 2.05) is 39.0 Å². The van der Waals surface area contributed by atoms with E-state index in [9.17, 15) is 10.2 Å². The average molecular weight is 443 g/mol. The second-order valence-electron chi connectivity index (χ2n) is 7.99. The predicted molar refractivity (Wildman–Crippen MR) is 121 cm³/mol. The summed E-state index contributed by atoms with van der Waals surface area (Å²) in [5, 5.41) is 20.4. The monoisotopic (exact) mass is 442 g/mol. The van der Waals surface area contributed by atoms with Crippen molar-refractivity contribution in [1.29, 1.82) is 0 Å². The fraction of sp³-hybridized carbons (Fsp3) is 0.571. The van der Waals surface area contributed by atoms with Gasteiger partial charge in [0, 0.05) is 5.92 Å². The summed E-state index contributed by atoms with van der Waals surface area (Å²) in [5.41, 5.74) is 2.45. The number of halogens is 1. The van der Waals surface area contributed by atoms with Crippen LogP contribution >= 0.6 is 23.8 Å². The lowest BCUT2D eigenvalue weighted by molar-refractivity contribution is -0.110. The molecule has 1 saturated heterocycles. The lowest BCUT2D eigenvalue weighted by Crippen LogP contribution is -2.47. The highest BCUT2D eigenvalue weighted by Gasteiger charge is 2.53. The van der Waals surface area contributed by atoms with Crippen molar-refractivity contribution >= 4 is 36.4 Å². The highest BCUT2D eigenvalue weighted by Crippen LogP contribution is 2.41. The van der Waals surface area contributed by atoms with Gasteiger partial charge in [-0.15, -0.1) is 5.54 Å². The van der Waals surface area contributed by atoms with E-state index in [0.29, 0.717) is 12.2 Å². The molecule has 4 nitrogen and oxygen atoms in total. The molecule has 1 aliphatic rings. The van der Waals surface area contributed by atoms with Gasteiger partial charge in [-0.3, -0.25) is 0 Å². The van der Waals surface area contributed by atoms with E-state index in [4.69, 9.17) is 21.1 Å². The Kier molecular flexibility index (Phi) is 9.61. The van der Waals surface area contributed by atoms with E-state index >= 15 is 0 Å². The molecule has 1 heterocycles. The molecule has 0 radical (unpaired) electrons. The van der Waals surface area contributed by atoms with Crippen molar-refractivity contribution in [3.05, 3.63) is 30.3 Å². The normalized spacial score (nSPS) is 27.7. The van der Waals surface area contributed by atoms with Crippen LogP contribution in [0.15, 0.2) is 30.3 Å². The van der Waals surface area contributed by atoms with E-state index in [2.05, 4.69) is 43.3 Å². The van der Waals surface area contributed by atoms with Crippen LogP contribution in [0, 0.1) is 17.4 Å². The standard InChI is InChI=1S/C14H26O3Si.C7H5ClOS/c1-7-14(10(2)13(16)11(3)17-14)12(15)8-9-18(4,5)6;8-7(10)9-6-4-2-1-3-5-6/h10-13,15-16H,7H2,1-6H3;1-5H/t10-,11+,12?,13-,14+;/m1./s1. The van der Waals surface area contributed by atoms with Crippen LogP contribution in [0.5, 0.6) is 5.75 Å². The van der Waals surface area contributed by atoms with E-state index in [1.54, 1.807) is 12.1 Å². The van der Waals surface area contributed by atoms with Crippen LogP contribution in [-0.2, 0) is 4.74 Å². The van der Waals surface area contributed by atoms with Crippen molar-refractivity contribution in [1.82, 2.24) is 0 Å². The second kappa shape index (κ2) is 10.7. The molecule has 28 heavy (non-hydrogen) atoms. The van der Waals surface area contributed by atoms with Gasteiger partial charge < -0.3 is 19.7 Å².